The minimum absolute atomic E-state index is 0.0917. The van der Waals surface area contributed by atoms with Gasteiger partial charge >= 0.3 is 23.5 Å². The summed E-state index contributed by atoms with van der Waals surface area (Å²) >= 11 is 0. The Morgan fingerprint density at radius 3 is 2.49 bits per heavy atom. The molecule has 196 valence electrons. The zero-order valence-corrected chi connectivity index (χ0v) is 19.2. The van der Waals surface area contributed by atoms with E-state index in [4.69, 9.17) is 9.47 Å². The Hall–Kier alpha value is -4.76. The van der Waals surface area contributed by atoms with Gasteiger partial charge in [-0.2, -0.15) is 13.2 Å². The van der Waals surface area contributed by atoms with Crippen molar-refractivity contribution in [2.45, 2.75) is 13.1 Å². The van der Waals surface area contributed by atoms with Crippen LogP contribution in [0.25, 0.3) is 5.69 Å². The topological polar surface area (TPSA) is 145 Å². The van der Waals surface area contributed by atoms with Crippen molar-refractivity contribution in [1.29, 1.82) is 0 Å². The number of ether oxygens (including phenoxy) is 3. The first kappa shape index (κ1) is 26.8. The van der Waals surface area contributed by atoms with Crippen LogP contribution in [-0.4, -0.2) is 38.7 Å². The van der Waals surface area contributed by atoms with Crippen LogP contribution < -0.4 is 20.7 Å². The van der Waals surface area contributed by atoms with E-state index in [1.807, 2.05) is 0 Å². The van der Waals surface area contributed by atoms with Gasteiger partial charge in [-0.3, -0.25) is 19.5 Å². The second-order valence-corrected chi connectivity index (χ2v) is 7.26. The fraction of sp³-hybridized carbons (Fsp3) is 0.238. The number of carbonyl (C=O) groups is 1. The van der Waals surface area contributed by atoms with Crippen LogP contribution in [0.1, 0.15) is 11.3 Å². The first-order valence-electron chi connectivity index (χ1n) is 9.98. The highest BCUT2D eigenvalue weighted by atomic mass is 19.4. The largest absolute Gasteiger partial charge is 0.466 e. The summed E-state index contributed by atoms with van der Waals surface area (Å²) in [5.74, 6) is -3.60. The number of hydrogen-bond donors (Lipinski definition) is 0. The average Bonchev–Trinajstić information content (AvgIpc) is 2.82. The number of nitro groups is 1. The molecule has 0 amide bonds. The van der Waals surface area contributed by atoms with Crippen molar-refractivity contribution in [3.8, 4) is 23.1 Å². The minimum atomic E-state index is -5.07. The number of esters is 1. The Kier molecular flexibility index (Phi) is 7.31. The molecule has 37 heavy (non-hydrogen) atoms. The summed E-state index contributed by atoms with van der Waals surface area (Å²) in [6, 6.07) is 3.48. The lowest BCUT2D eigenvalue weighted by Gasteiger charge is -2.17. The Bertz CT molecular complexity index is 1480. The third kappa shape index (κ3) is 5.26. The zero-order valence-electron chi connectivity index (χ0n) is 19.2. The number of nitrogens with zero attached hydrogens (tertiary/aromatic N) is 4. The maximum atomic E-state index is 14.9. The fourth-order valence-corrected chi connectivity index (χ4v) is 3.26. The number of carbonyl (C=O) groups excluding carboxylic acids is 1. The van der Waals surface area contributed by atoms with Crippen LogP contribution >= 0.6 is 0 Å². The highest BCUT2D eigenvalue weighted by Crippen LogP contribution is 2.37. The highest BCUT2D eigenvalue weighted by Gasteiger charge is 2.38. The zero-order chi connectivity index (χ0) is 27.7. The van der Waals surface area contributed by atoms with E-state index in [0.29, 0.717) is 12.1 Å². The van der Waals surface area contributed by atoms with E-state index in [2.05, 4.69) is 9.72 Å². The molecule has 0 radical (unpaired) electrons. The lowest BCUT2D eigenvalue weighted by atomic mass is 10.2. The van der Waals surface area contributed by atoms with Crippen molar-refractivity contribution in [1.82, 2.24) is 14.1 Å². The maximum absolute atomic E-state index is 14.9. The molecule has 0 bridgehead atoms. The molecule has 0 aliphatic carbocycles. The number of alkyl halides is 3. The summed E-state index contributed by atoms with van der Waals surface area (Å²) in [5, 5.41) is 11.5. The van der Waals surface area contributed by atoms with E-state index in [9.17, 15) is 42.1 Å². The summed E-state index contributed by atoms with van der Waals surface area (Å²) < 4.78 is 70.3. The minimum Gasteiger partial charge on any atom is -0.466 e. The van der Waals surface area contributed by atoms with Crippen LogP contribution in [0.2, 0.25) is 0 Å². The Labute approximate surface area is 203 Å². The molecule has 16 heteroatoms. The van der Waals surface area contributed by atoms with Gasteiger partial charge in [0.15, 0.2) is 18.2 Å². The normalized spacial score (nSPS) is 11.2. The van der Waals surface area contributed by atoms with Crippen LogP contribution in [0.5, 0.6) is 17.4 Å². The van der Waals surface area contributed by atoms with Gasteiger partial charge < -0.3 is 14.2 Å². The van der Waals surface area contributed by atoms with Gasteiger partial charge in [-0.1, -0.05) is 0 Å². The third-order valence-electron chi connectivity index (χ3n) is 4.94. The number of pyridine rings is 1. The lowest BCUT2D eigenvalue weighted by Crippen LogP contribution is -2.43. The number of methoxy groups -OCH3 is 1. The molecular formula is C21H16F4N4O8. The van der Waals surface area contributed by atoms with Crippen molar-refractivity contribution in [3.05, 3.63) is 78.5 Å². The van der Waals surface area contributed by atoms with Crippen LogP contribution in [0.3, 0.4) is 0 Å². The number of aromatic nitrogens is 3. The van der Waals surface area contributed by atoms with Crippen molar-refractivity contribution < 1.29 is 41.5 Å². The Balaban J connectivity index is 2.22. The fourth-order valence-electron chi connectivity index (χ4n) is 3.26. The predicted octanol–water partition coefficient (Wildman–Crippen LogP) is 2.65. The molecule has 1 aromatic carbocycles. The third-order valence-corrected chi connectivity index (χ3v) is 4.94. The molecule has 0 aliphatic heterocycles. The molecule has 0 spiro atoms. The molecule has 0 aliphatic rings. The van der Waals surface area contributed by atoms with E-state index in [1.165, 1.54) is 18.3 Å². The lowest BCUT2D eigenvalue weighted by molar-refractivity contribution is -0.385. The van der Waals surface area contributed by atoms with Crippen molar-refractivity contribution >= 4 is 11.7 Å². The summed E-state index contributed by atoms with van der Waals surface area (Å²) in [6.07, 6.45) is -3.84. The molecule has 3 rings (SSSR count). The Morgan fingerprint density at radius 1 is 1.22 bits per heavy atom. The molecule has 0 unspecified atom stereocenters. The summed E-state index contributed by atoms with van der Waals surface area (Å²) in [7, 11) is 1.83. The summed E-state index contributed by atoms with van der Waals surface area (Å²) in [4.78, 5) is 51.1. The SMILES string of the molecule is COC(=O)COc1ncccc1Oc1cc(-n2c(=O)c(C)c(C(F)(F)F)n(C)c2=O)c(F)cc1[N+](=O)[O-]. The molecular weight excluding hydrogens is 512 g/mol. The Morgan fingerprint density at radius 2 is 1.89 bits per heavy atom. The van der Waals surface area contributed by atoms with E-state index >= 15 is 0 Å². The number of halogens is 4. The molecule has 0 fully saturated rings. The quantitative estimate of drug-likeness (QED) is 0.196. The first-order chi connectivity index (χ1) is 17.3. The van der Waals surface area contributed by atoms with Gasteiger partial charge in [-0.05, 0) is 19.1 Å². The van der Waals surface area contributed by atoms with E-state index in [0.717, 1.165) is 21.1 Å². The second-order valence-electron chi connectivity index (χ2n) is 7.26. The monoisotopic (exact) mass is 528 g/mol. The van der Waals surface area contributed by atoms with Crippen LogP contribution in [0, 0.1) is 22.9 Å². The standard InChI is InChI=1S/C21H16F4N4O8/c1-10-17(21(23,24)25)27(2)20(32)28(19(10)31)12-8-15(13(29(33)34)7-11(12)22)37-14-5-4-6-26-18(14)36-9-16(30)35-3/h4-8H,9H2,1-3H3. The van der Waals surface area contributed by atoms with Crippen molar-refractivity contribution in [2.75, 3.05) is 13.7 Å². The molecule has 0 saturated carbocycles. The molecule has 0 saturated heterocycles. The van der Waals surface area contributed by atoms with Crippen molar-refractivity contribution in [3.63, 3.8) is 0 Å². The molecule has 2 heterocycles. The number of benzene rings is 1. The van der Waals surface area contributed by atoms with Gasteiger partial charge in [0.1, 0.15) is 5.69 Å². The number of rotatable bonds is 7. The van der Waals surface area contributed by atoms with E-state index in [-0.39, 0.29) is 20.8 Å². The average molecular weight is 528 g/mol. The smallest absolute Gasteiger partial charge is 0.432 e. The van der Waals surface area contributed by atoms with Gasteiger partial charge in [-0.25, -0.2) is 23.5 Å². The molecule has 0 N–H and O–H groups in total. The second kappa shape index (κ2) is 10.1. The summed E-state index contributed by atoms with van der Waals surface area (Å²) in [5.41, 5.74) is -7.40. The van der Waals surface area contributed by atoms with Crippen LogP contribution in [0.15, 0.2) is 40.1 Å². The van der Waals surface area contributed by atoms with Gasteiger partial charge in [0, 0.05) is 24.9 Å². The predicted molar refractivity (Wildman–Crippen MR) is 115 cm³/mol. The number of hydrogen-bond acceptors (Lipinski definition) is 9. The van der Waals surface area contributed by atoms with Crippen LogP contribution in [-0.2, 0) is 22.8 Å². The van der Waals surface area contributed by atoms with Gasteiger partial charge in [0.25, 0.3) is 11.4 Å². The van der Waals surface area contributed by atoms with Gasteiger partial charge in [-0.15, -0.1) is 0 Å². The van der Waals surface area contributed by atoms with E-state index < -0.39 is 69.1 Å². The van der Waals surface area contributed by atoms with Crippen LogP contribution in [0.4, 0.5) is 23.2 Å². The maximum Gasteiger partial charge on any atom is 0.432 e. The van der Waals surface area contributed by atoms with Gasteiger partial charge in [0.05, 0.1) is 23.8 Å². The first-order valence-corrected chi connectivity index (χ1v) is 9.98. The molecule has 12 nitrogen and oxygen atoms in total. The number of nitro benzene ring substituents is 1. The summed E-state index contributed by atoms with van der Waals surface area (Å²) in [6.45, 7) is 0.180. The van der Waals surface area contributed by atoms with Crippen molar-refractivity contribution in [2.24, 2.45) is 7.05 Å². The highest BCUT2D eigenvalue weighted by molar-refractivity contribution is 5.71. The van der Waals surface area contributed by atoms with Gasteiger partial charge in [0.2, 0.25) is 5.75 Å². The molecule has 3 aromatic rings. The molecule has 0 atom stereocenters. The van der Waals surface area contributed by atoms with E-state index in [1.54, 1.807) is 0 Å². The molecule has 2 aromatic heterocycles.